The van der Waals surface area contributed by atoms with Crippen molar-refractivity contribution in [2.75, 3.05) is 13.1 Å². The number of phenolic OH excluding ortho intramolecular Hbond substituents is 1. The first-order valence-electron chi connectivity index (χ1n) is 7.95. The quantitative estimate of drug-likeness (QED) is 0.902. The molecule has 1 heterocycles. The highest BCUT2D eigenvalue weighted by atomic mass is 16.3. The molecule has 4 heteroatoms. The minimum atomic E-state index is -0.991. The maximum atomic E-state index is 12.3. The van der Waals surface area contributed by atoms with Crippen LogP contribution in [0.2, 0.25) is 0 Å². The van der Waals surface area contributed by atoms with Gasteiger partial charge in [-0.3, -0.25) is 4.79 Å². The zero-order valence-electron chi connectivity index (χ0n) is 14.0. The van der Waals surface area contributed by atoms with E-state index in [1.54, 1.807) is 24.3 Å². The van der Waals surface area contributed by atoms with Crippen molar-refractivity contribution in [3.05, 3.63) is 29.8 Å². The second kappa shape index (κ2) is 5.92. The van der Waals surface area contributed by atoms with Crippen LogP contribution in [0.15, 0.2) is 24.3 Å². The number of nitrogens with zero attached hydrogens (tertiary/aromatic N) is 1. The van der Waals surface area contributed by atoms with Crippen LogP contribution >= 0.6 is 0 Å². The lowest BCUT2D eigenvalue weighted by Gasteiger charge is -2.50. The van der Waals surface area contributed by atoms with Crippen LogP contribution in [-0.4, -0.2) is 34.1 Å². The van der Waals surface area contributed by atoms with Gasteiger partial charge in [0.05, 0.1) is 5.60 Å². The second-order valence-electron chi connectivity index (χ2n) is 7.45. The van der Waals surface area contributed by atoms with Crippen molar-refractivity contribution in [1.82, 2.24) is 4.90 Å². The van der Waals surface area contributed by atoms with Gasteiger partial charge in [-0.1, -0.05) is 39.8 Å². The number of amides is 1. The van der Waals surface area contributed by atoms with Gasteiger partial charge in [0.15, 0.2) is 0 Å². The Kier molecular flexibility index (Phi) is 4.52. The Hall–Kier alpha value is -1.55. The van der Waals surface area contributed by atoms with Gasteiger partial charge in [0.1, 0.15) is 5.75 Å². The van der Waals surface area contributed by atoms with E-state index in [0.29, 0.717) is 31.8 Å². The summed E-state index contributed by atoms with van der Waals surface area (Å²) in [5.41, 5.74) is -0.643. The van der Waals surface area contributed by atoms with Crippen LogP contribution in [0.1, 0.15) is 46.1 Å². The van der Waals surface area contributed by atoms with E-state index in [1.165, 1.54) is 0 Å². The van der Waals surface area contributed by atoms with E-state index in [1.807, 2.05) is 32.6 Å². The van der Waals surface area contributed by atoms with Gasteiger partial charge in [0.25, 0.3) is 0 Å². The van der Waals surface area contributed by atoms with Crippen molar-refractivity contribution < 1.29 is 15.0 Å². The van der Waals surface area contributed by atoms with Gasteiger partial charge in [0, 0.05) is 24.9 Å². The molecule has 2 N–H and O–H groups in total. The first-order valence-corrected chi connectivity index (χ1v) is 7.95. The summed E-state index contributed by atoms with van der Waals surface area (Å²) in [5, 5.41) is 20.7. The van der Waals surface area contributed by atoms with Gasteiger partial charge in [-0.2, -0.15) is 0 Å². The number of carbonyl (C=O) groups excluding carboxylic acids is 1. The molecule has 122 valence electrons. The molecule has 1 fully saturated rings. The van der Waals surface area contributed by atoms with Gasteiger partial charge in [-0.25, -0.2) is 0 Å². The summed E-state index contributed by atoms with van der Waals surface area (Å²) in [7, 11) is 0. The lowest BCUT2D eigenvalue weighted by Crippen LogP contribution is -2.56. The fourth-order valence-electron chi connectivity index (χ4n) is 3.29. The van der Waals surface area contributed by atoms with E-state index in [-0.39, 0.29) is 11.7 Å². The normalized spacial score (nSPS) is 24.5. The van der Waals surface area contributed by atoms with E-state index >= 15 is 0 Å². The Morgan fingerprint density at radius 3 is 2.36 bits per heavy atom. The van der Waals surface area contributed by atoms with Crippen LogP contribution in [0, 0.1) is 11.3 Å². The molecule has 4 nitrogen and oxygen atoms in total. The van der Waals surface area contributed by atoms with Crippen molar-refractivity contribution >= 4 is 5.91 Å². The van der Waals surface area contributed by atoms with Gasteiger partial charge in [-0.05, 0) is 30.0 Å². The first-order chi connectivity index (χ1) is 10.2. The Labute approximate surface area is 132 Å². The number of rotatable bonds is 3. The Morgan fingerprint density at radius 1 is 1.27 bits per heavy atom. The molecule has 0 spiro atoms. The number of phenols is 1. The number of benzene rings is 1. The zero-order chi connectivity index (χ0) is 16.5. The average Bonchev–Trinajstić information content (AvgIpc) is 2.41. The molecule has 1 aromatic rings. The van der Waals surface area contributed by atoms with E-state index in [9.17, 15) is 15.0 Å². The second-order valence-corrected chi connectivity index (χ2v) is 7.45. The fourth-order valence-corrected chi connectivity index (χ4v) is 3.29. The van der Waals surface area contributed by atoms with E-state index < -0.39 is 11.0 Å². The van der Waals surface area contributed by atoms with Crippen LogP contribution in [0.4, 0.5) is 0 Å². The molecule has 1 aliphatic heterocycles. The highest BCUT2D eigenvalue weighted by Crippen LogP contribution is 2.46. The van der Waals surface area contributed by atoms with Crippen molar-refractivity contribution in [3.8, 4) is 5.75 Å². The van der Waals surface area contributed by atoms with Crippen LogP contribution in [0.25, 0.3) is 0 Å². The molecular formula is C18H27NO3. The predicted octanol–water partition coefficient (Wildman–Crippen LogP) is 2.88. The summed E-state index contributed by atoms with van der Waals surface area (Å²) in [6, 6.07) is 6.73. The number of aliphatic hydroxyl groups is 1. The molecule has 0 aliphatic carbocycles. The SMILES string of the molecule is CC(C)CC(=O)N1CC[C@](O)(c2ccc(O)cc2)C(C)(C)C1. The lowest BCUT2D eigenvalue weighted by molar-refractivity contribution is -0.153. The van der Waals surface area contributed by atoms with E-state index in [4.69, 9.17) is 0 Å². The number of hydrogen-bond donors (Lipinski definition) is 2. The monoisotopic (exact) mass is 305 g/mol. The summed E-state index contributed by atoms with van der Waals surface area (Å²) in [4.78, 5) is 14.2. The molecule has 0 radical (unpaired) electrons. The van der Waals surface area contributed by atoms with Crippen molar-refractivity contribution in [2.24, 2.45) is 11.3 Å². The molecule has 1 atom stereocenters. The minimum Gasteiger partial charge on any atom is -0.508 e. The molecule has 1 aliphatic rings. The highest BCUT2D eigenvalue weighted by Gasteiger charge is 2.49. The molecule has 22 heavy (non-hydrogen) atoms. The smallest absolute Gasteiger partial charge is 0.222 e. The molecule has 0 unspecified atom stereocenters. The molecule has 1 saturated heterocycles. The molecule has 0 saturated carbocycles. The van der Waals surface area contributed by atoms with Crippen molar-refractivity contribution in [2.45, 2.75) is 46.1 Å². The molecule has 1 aromatic carbocycles. The number of piperidine rings is 1. The summed E-state index contributed by atoms with van der Waals surface area (Å²) in [6.07, 6.45) is 1.06. The number of aromatic hydroxyl groups is 1. The standard InChI is InChI=1S/C18H27NO3/c1-13(2)11-16(21)19-10-9-18(22,17(3,4)12-19)14-5-7-15(20)8-6-14/h5-8,13,20,22H,9-12H2,1-4H3/t18-/m0/s1. The van der Waals surface area contributed by atoms with Crippen molar-refractivity contribution in [1.29, 1.82) is 0 Å². The summed E-state index contributed by atoms with van der Waals surface area (Å²) < 4.78 is 0. The van der Waals surface area contributed by atoms with Gasteiger partial charge in [0.2, 0.25) is 5.91 Å². The third kappa shape index (κ3) is 3.12. The average molecular weight is 305 g/mol. The van der Waals surface area contributed by atoms with Crippen LogP contribution in [0.5, 0.6) is 5.75 Å². The fraction of sp³-hybridized carbons (Fsp3) is 0.611. The Bertz CT molecular complexity index is 536. The number of hydrogen-bond acceptors (Lipinski definition) is 3. The molecule has 0 aromatic heterocycles. The maximum absolute atomic E-state index is 12.3. The number of carbonyl (C=O) groups is 1. The Morgan fingerprint density at radius 2 is 1.86 bits per heavy atom. The van der Waals surface area contributed by atoms with Gasteiger partial charge in [-0.15, -0.1) is 0 Å². The zero-order valence-corrected chi connectivity index (χ0v) is 14.0. The molecule has 0 bridgehead atoms. The van der Waals surface area contributed by atoms with Crippen molar-refractivity contribution in [3.63, 3.8) is 0 Å². The third-order valence-corrected chi connectivity index (χ3v) is 4.73. The van der Waals surface area contributed by atoms with E-state index in [2.05, 4.69) is 0 Å². The highest BCUT2D eigenvalue weighted by molar-refractivity contribution is 5.76. The minimum absolute atomic E-state index is 0.163. The largest absolute Gasteiger partial charge is 0.508 e. The van der Waals surface area contributed by atoms with E-state index in [0.717, 1.165) is 5.56 Å². The molecule has 2 rings (SSSR count). The topological polar surface area (TPSA) is 60.8 Å². The number of likely N-dealkylation sites (tertiary alicyclic amines) is 1. The molecular weight excluding hydrogens is 278 g/mol. The van der Waals surface area contributed by atoms with Crippen LogP contribution < -0.4 is 0 Å². The summed E-state index contributed by atoms with van der Waals surface area (Å²) in [6.45, 7) is 9.17. The molecule has 1 amide bonds. The van der Waals surface area contributed by atoms with Crippen LogP contribution in [0.3, 0.4) is 0 Å². The van der Waals surface area contributed by atoms with Gasteiger partial charge < -0.3 is 15.1 Å². The third-order valence-electron chi connectivity index (χ3n) is 4.73. The summed E-state index contributed by atoms with van der Waals surface area (Å²) in [5.74, 6) is 0.694. The first kappa shape index (κ1) is 16.8. The predicted molar refractivity (Wildman–Crippen MR) is 86.4 cm³/mol. The van der Waals surface area contributed by atoms with Gasteiger partial charge >= 0.3 is 0 Å². The van der Waals surface area contributed by atoms with Crippen LogP contribution in [-0.2, 0) is 10.4 Å². The maximum Gasteiger partial charge on any atom is 0.222 e. The summed E-state index contributed by atoms with van der Waals surface area (Å²) >= 11 is 0. The lowest BCUT2D eigenvalue weighted by atomic mass is 9.66. The Balaban J connectivity index is 2.20.